The lowest BCUT2D eigenvalue weighted by molar-refractivity contribution is -0.143. The van der Waals surface area contributed by atoms with Gasteiger partial charge in [-0.3, -0.25) is 19.2 Å². The molecule has 0 fully saturated rings. The van der Waals surface area contributed by atoms with Crippen molar-refractivity contribution < 1.29 is 39.3 Å². The molecule has 0 aliphatic rings. The number of unbranched alkanes of at least 4 members (excludes halogenated alkanes) is 1. The van der Waals surface area contributed by atoms with Crippen LogP contribution >= 0.6 is 0 Å². The lowest BCUT2D eigenvalue weighted by Gasteiger charge is -2.25. The number of nitrogens with one attached hydrogen (secondary N) is 3. The fraction of sp³-hybridized carbons (Fsp3) is 0.522. The van der Waals surface area contributed by atoms with Crippen LogP contribution in [0, 0.1) is 0 Å². The molecule has 0 radical (unpaired) electrons. The topological polar surface area (TPSA) is 234 Å². The first-order chi connectivity index (χ1) is 17.0. The van der Waals surface area contributed by atoms with E-state index >= 15 is 0 Å². The Morgan fingerprint density at radius 3 is 1.94 bits per heavy atom. The smallest absolute Gasteiger partial charge is 0.326 e. The summed E-state index contributed by atoms with van der Waals surface area (Å²) in [6.45, 7) is 1.58. The molecular formula is C23H35N5O8. The highest BCUT2D eigenvalue weighted by Gasteiger charge is 2.32. The van der Waals surface area contributed by atoms with Gasteiger partial charge in [-0.25, -0.2) is 4.79 Å². The van der Waals surface area contributed by atoms with Gasteiger partial charge in [0.1, 0.15) is 24.2 Å². The van der Waals surface area contributed by atoms with E-state index < -0.39 is 66.4 Å². The van der Waals surface area contributed by atoms with Crippen molar-refractivity contribution in [1.29, 1.82) is 0 Å². The first kappa shape index (κ1) is 30.5. The summed E-state index contributed by atoms with van der Waals surface area (Å²) in [7, 11) is 0. The van der Waals surface area contributed by atoms with Crippen molar-refractivity contribution in [3.63, 3.8) is 0 Å². The largest absolute Gasteiger partial charge is 0.481 e. The van der Waals surface area contributed by atoms with E-state index in [-0.39, 0.29) is 12.8 Å². The molecule has 0 aromatic heterocycles. The molecule has 36 heavy (non-hydrogen) atoms. The van der Waals surface area contributed by atoms with Crippen LogP contribution in [0.5, 0.6) is 0 Å². The molecule has 13 nitrogen and oxygen atoms in total. The number of carbonyl (C=O) groups excluding carboxylic acids is 3. The molecule has 0 spiro atoms. The number of nitrogens with two attached hydrogens (primary N) is 2. The molecule has 0 heterocycles. The van der Waals surface area contributed by atoms with Gasteiger partial charge in [0, 0.05) is 6.42 Å². The van der Waals surface area contributed by atoms with Crippen LogP contribution in [0.1, 0.15) is 38.2 Å². The third-order valence-electron chi connectivity index (χ3n) is 5.31. The molecule has 0 saturated heterocycles. The van der Waals surface area contributed by atoms with E-state index in [2.05, 4.69) is 16.0 Å². The fourth-order valence-corrected chi connectivity index (χ4v) is 3.23. The summed E-state index contributed by atoms with van der Waals surface area (Å²) in [5.74, 6) is -5.40. The van der Waals surface area contributed by atoms with E-state index in [1.54, 1.807) is 30.3 Å². The normalized spacial score (nSPS) is 15.0. The molecule has 1 aromatic rings. The number of hydrogen-bond acceptors (Lipinski definition) is 8. The Balaban J connectivity index is 3.02. The zero-order valence-electron chi connectivity index (χ0n) is 20.1. The maximum absolute atomic E-state index is 13.0. The minimum atomic E-state index is -1.59. The van der Waals surface area contributed by atoms with Crippen LogP contribution in [0.3, 0.4) is 0 Å². The lowest BCUT2D eigenvalue weighted by atomic mass is 10.0. The maximum Gasteiger partial charge on any atom is 0.326 e. The monoisotopic (exact) mass is 509 g/mol. The molecule has 1 aromatic carbocycles. The number of rotatable bonds is 16. The number of hydrogen-bond donors (Lipinski definition) is 8. The van der Waals surface area contributed by atoms with Crippen molar-refractivity contribution in [3.05, 3.63) is 35.9 Å². The van der Waals surface area contributed by atoms with Gasteiger partial charge in [0.15, 0.2) is 0 Å². The summed E-state index contributed by atoms with van der Waals surface area (Å²) < 4.78 is 0. The van der Waals surface area contributed by atoms with Gasteiger partial charge in [-0.15, -0.1) is 0 Å². The third kappa shape index (κ3) is 10.8. The fourth-order valence-electron chi connectivity index (χ4n) is 3.23. The van der Waals surface area contributed by atoms with Crippen LogP contribution in [0.4, 0.5) is 0 Å². The molecule has 0 aliphatic carbocycles. The Hall–Kier alpha value is -3.55. The van der Waals surface area contributed by atoms with Crippen LogP contribution in [0.2, 0.25) is 0 Å². The van der Waals surface area contributed by atoms with Crippen molar-refractivity contribution in [3.8, 4) is 0 Å². The Bertz CT molecular complexity index is 896. The highest BCUT2D eigenvalue weighted by molar-refractivity contribution is 5.95. The first-order valence-electron chi connectivity index (χ1n) is 11.5. The molecule has 13 heteroatoms. The van der Waals surface area contributed by atoms with E-state index in [9.17, 15) is 34.2 Å². The van der Waals surface area contributed by atoms with Crippen LogP contribution in [-0.2, 0) is 30.4 Å². The molecule has 10 N–H and O–H groups in total. The number of carboxylic acids is 2. The SMILES string of the molecule is CC(O)C(N)C(=O)NC(CC(=O)O)C(=O)NC(CCCCN)C(=O)NC(Cc1ccccc1)C(=O)O. The van der Waals surface area contributed by atoms with Gasteiger partial charge in [-0.2, -0.15) is 0 Å². The van der Waals surface area contributed by atoms with Crippen LogP contribution < -0.4 is 27.4 Å². The minimum Gasteiger partial charge on any atom is -0.481 e. The van der Waals surface area contributed by atoms with E-state index in [4.69, 9.17) is 16.6 Å². The average Bonchev–Trinajstić information content (AvgIpc) is 2.82. The predicted octanol–water partition coefficient (Wildman–Crippen LogP) is -1.92. The number of benzene rings is 1. The summed E-state index contributed by atoms with van der Waals surface area (Å²) in [5.41, 5.74) is 11.7. The van der Waals surface area contributed by atoms with E-state index in [0.717, 1.165) is 0 Å². The van der Waals surface area contributed by atoms with Crippen molar-refractivity contribution in [1.82, 2.24) is 16.0 Å². The molecule has 0 saturated carbocycles. The van der Waals surface area contributed by atoms with Gasteiger partial charge >= 0.3 is 11.9 Å². The molecular weight excluding hydrogens is 474 g/mol. The van der Waals surface area contributed by atoms with Crippen LogP contribution in [0.15, 0.2) is 30.3 Å². The van der Waals surface area contributed by atoms with Gasteiger partial charge in [0.2, 0.25) is 17.7 Å². The third-order valence-corrected chi connectivity index (χ3v) is 5.31. The molecule has 5 atom stereocenters. The number of aliphatic carboxylic acids is 2. The van der Waals surface area contributed by atoms with Crippen molar-refractivity contribution in [2.45, 2.75) is 69.3 Å². The summed E-state index contributed by atoms with van der Waals surface area (Å²) in [6.07, 6.45) is -1.05. The standard InChI is InChI=1S/C23H35N5O8/c1-13(29)19(25)22(34)27-16(12-18(30)31)21(33)26-15(9-5-6-10-24)20(32)28-17(23(35)36)11-14-7-3-2-4-8-14/h2-4,7-8,13,15-17,19,29H,5-6,9-12,24-25H2,1H3,(H,26,33)(H,27,34)(H,28,32)(H,30,31)(H,35,36). The van der Waals surface area contributed by atoms with E-state index in [0.29, 0.717) is 24.9 Å². The summed E-state index contributed by atoms with van der Waals surface area (Å²) in [5, 5.41) is 35.2. The Morgan fingerprint density at radius 2 is 1.42 bits per heavy atom. The first-order valence-corrected chi connectivity index (χ1v) is 11.5. The van der Waals surface area contributed by atoms with Gasteiger partial charge in [-0.05, 0) is 38.3 Å². The number of aliphatic hydroxyl groups excluding tert-OH is 1. The summed E-state index contributed by atoms with van der Waals surface area (Å²) in [4.78, 5) is 61.0. The highest BCUT2D eigenvalue weighted by Crippen LogP contribution is 2.07. The van der Waals surface area contributed by atoms with Gasteiger partial charge in [-0.1, -0.05) is 30.3 Å². The zero-order valence-corrected chi connectivity index (χ0v) is 20.1. The van der Waals surface area contributed by atoms with Gasteiger partial charge in [0.05, 0.1) is 12.5 Å². The zero-order chi connectivity index (χ0) is 27.3. The molecule has 200 valence electrons. The van der Waals surface area contributed by atoms with Crippen molar-refractivity contribution >= 4 is 29.7 Å². The minimum absolute atomic E-state index is 0.000307. The quantitative estimate of drug-likeness (QED) is 0.115. The maximum atomic E-state index is 13.0. The van der Waals surface area contributed by atoms with E-state index in [1.807, 2.05) is 0 Å². The van der Waals surface area contributed by atoms with Crippen LogP contribution in [-0.4, -0.2) is 81.8 Å². The molecule has 0 aliphatic heterocycles. The highest BCUT2D eigenvalue weighted by atomic mass is 16.4. The molecule has 0 bridgehead atoms. The number of carbonyl (C=O) groups is 5. The Kier molecular flexibility index (Phi) is 13.1. The Labute approximate surface area is 208 Å². The predicted molar refractivity (Wildman–Crippen MR) is 128 cm³/mol. The van der Waals surface area contributed by atoms with Crippen molar-refractivity contribution in [2.75, 3.05) is 6.54 Å². The second-order valence-electron chi connectivity index (χ2n) is 8.36. The second kappa shape index (κ2) is 15.4. The molecule has 5 unspecified atom stereocenters. The molecule has 3 amide bonds. The molecule has 1 rings (SSSR count). The van der Waals surface area contributed by atoms with Crippen LogP contribution in [0.25, 0.3) is 0 Å². The van der Waals surface area contributed by atoms with Crippen molar-refractivity contribution in [2.24, 2.45) is 11.5 Å². The summed E-state index contributed by atoms with van der Waals surface area (Å²) in [6, 6.07) is 3.13. The average molecular weight is 510 g/mol. The van der Waals surface area contributed by atoms with Gasteiger partial charge < -0.3 is 42.7 Å². The Morgan fingerprint density at radius 1 is 0.861 bits per heavy atom. The van der Waals surface area contributed by atoms with E-state index in [1.165, 1.54) is 6.92 Å². The number of amides is 3. The number of aliphatic hydroxyl groups is 1. The summed E-state index contributed by atoms with van der Waals surface area (Å²) >= 11 is 0. The lowest BCUT2D eigenvalue weighted by Crippen LogP contribution is -2.58. The number of carboxylic acid groups (broad SMARTS) is 2. The second-order valence-corrected chi connectivity index (χ2v) is 8.36. The van der Waals surface area contributed by atoms with Gasteiger partial charge in [0.25, 0.3) is 0 Å².